The first-order valence-electron chi connectivity index (χ1n) is 7.54. The second kappa shape index (κ2) is 7.49. The van der Waals surface area contributed by atoms with Gasteiger partial charge in [-0.05, 0) is 27.6 Å². The van der Waals surface area contributed by atoms with Crippen LogP contribution in [0.1, 0.15) is 16.1 Å². The molecule has 26 heavy (non-hydrogen) atoms. The number of halogens is 1. The standard InChI is InChI=1S/C18H13BrN2O5/c1-25-18(22)13-9-15(26-10-11-5-3-2-4-6-11)16-12(19)7-8-14(21(23)24)17(16)20-13/h2-9H,10H2,1H3. The maximum Gasteiger partial charge on any atom is 0.356 e. The highest BCUT2D eigenvalue weighted by Crippen LogP contribution is 2.37. The lowest BCUT2D eigenvalue weighted by Gasteiger charge is -2.12. The molecule has 0 saturated heterocycles. The van der Waals surface area contributed by atoms with E-state index in [2.05, 4.69) is 20.9 Å². The van der Waals surface area contributed by atoms with Crippen molar-refractivity contribution in [1.29, 1.82) is 0 Å². The van der Waals surface area contributed by atoms with Gasteiger partial charge >= 0.3 is 5.97 Å². The first-order chi connectivity index (χ1) is 12.5. The van der Waals surface area contributed by atoms with E-state index in [4.69, 9.17) is 9.47 Å². The number of pyridine rings is 1. The number of nitro benzene ring substituents is 1. The average molecular weight is 417 g/mol. The van der Waals surface area contributed by atoms with Gasteiger partial charge in [0, 0.05) is 16.6 Å². The third-order valence-electron chi connectivity index (χ3n) is 3.68. The van der Waals surface area contributed by atoms with Gasteiger partial charge in [-0.3, -0.25) is 10.1 Å². The summed E-state index contributed by atoms with van der Waals surface area (Å²) in [6, 6.07) is 13.7. The molecule has 0 aliphatic rings. The number of hydrogen-bond donors (Lipinski definition) is 0. The summed E-state index contributed by atoms with van der Waals surface area (Å²) in [6.07, 6.45) is 0. The third kappa shape index (κ3) is 3.50. The second-order valence-corrected chi connectivity index (χ2v) is 6.17. The van der Waals surface area contributed by atoms with Crippen LogP contribution >= 0.6 is 15.9 Å². The predicted molar refractivity (Wildman–Crippen MR) is 98.2 cm³/mol. The van der Waals surface area contributed by atoms with Gasteiger partial charge in [0.25, 0.3) is 5.69 Å². The molecule has 0 aliphatic carbocycles. The highest BCUT2D eigenvalue weighted by Gasteiger charge is 2.22. The molecule has 0 bridgehead atoms. The molecule has 0 saturated carbocycles. The Morgan fingerprint density at radius 1 is 1.23 bits per heavy atom. The Kier molecular flexibility index (Phi) is 5.13. The number of rotatable bonds is 5. The average Bonchev–Trinajstić information content (AvgIpc) is 2.65. The summed E-state index contributed by atoms with van der Waals surface area (Å²) in [5, 5.41) is 11.8. The largest absolute Gasteiger partial charge is 0.488 e. The van der Waals surface area contributed by atoms with E-state index in [1.54, 1.807) is 6.07 Å². The van der Waals surface area contributed by atoms with Gasteiger partial charge in [-0.1, -0.05) is 30.3 Å². The maximum atomic E-state index is 11.9. The van der Waals surface area contributed by atoms with E-state index < -0.39 is 10.9 Å². The van der Waals surface area contributed by atoms with Crippen LogP contribution in [-0.4, -0.2) is 23.0 Å². The fourth-order valence-corrected chi connectivity index (χ4v) is 2.97. The molecule has 1 aromatic heterocycles. The van der Waals surface area contributed by atoms with Crippen LogP contribution in [0.5, 0.6) is 5.75 Å². The number of carbonyl (C=O) groups excluding carboxylic acids is 1. The van der Waals surface area contributed by atoms with E-state index in [0.717, 1.165) is 5.56 Å². The molecule has 0 aliphatic heterocycles. The van der Waals surface area contributed by atoms with Crippen molar-refractivity contribution in [1.82, 2.24) is 4.98 Å². The van der Waals surface area contributed by atoms with Crippen LogP contribution in [0.2, 0.25) is 0 Å². The highest BCUT2D eigenvalue weighted by molar-refractivity contribution is 9.10. The molecule has 0 radical (unpaired) electrons. The molecule has 7 nitrogen and oxygen atoms in total. The van der Waals surface area contributed by atoms with Gasteiger partial charge in [0.15, 0.2) is 11.2 Å². The van der Waals surface area contributed by atoms with Gasteiger partial charge in [-0.2, -0.15) is 0 Å². The highest BCUT2D eigenvalue weighted by atomic mass is 79.9. The zero-order chi connectivity index (χ0) is 18.7. The number of non-ortho nitro benzene ring substituents is 1. The molecular weight excluding hydrogens is 404 g/mol. The fourth-order valence-electron chi connectivity index (χ4n) is 2.46. The summed E-state index contributed by atoms with van der Waals surface area (Å²) < 4.78 is 11.1. The Balaban J connectivity index is 2.17. The molecular formula is C18H13BrN2O5. The fraction of sp³-hybridized carbons (Fsp3) is 0.111. The number of hydrogen-bond acceptors (Lipinski definition) is 6. The van der Waals surface area contributed by atoms with Crippen molar-refractivity contribution in [2.24, 2.45) is 0 Å². The van der Waals surface area contributed by atoms with Crippen LogP contribution in [0.4, 0.5) is 5.69 Å². The van der Waals surface area contributed by atoms with Crippen molar-refractivity contribution in [2.75, 3.05) is 7.11 Å². The van der Waals surface area contributed by atoms with Crippen LogP contribution in [0.25, 0.3) is 10.9 Å². The van der Waals surface area contributed by atoms with Gasteiger partial charge in [-0.15, -0.1) is 0 Å². The minimum absolute atomic E-state index is 0.0512. The van der Waals surface area contributed by atoms with Gasteiger partial charge in [0.05, 0.1) is 17.4 Å². The molecule has 0 N–H and O–H groups in total. The van der Waals surface area contributed by atoms with E-state index in [-0.39, 0.29) is 23.5 Å². The smallest absolute Gasteiger partial charge is 0.356 e. The van der Waals surface area contributed by atoms with E-state index in [0.29, 0.717) is 15.6 Å². The van der Waals surface area contributed by atoms with Gasteiger partial charge in [0.1, 0.15) is 12.4 Å². The number of benzene rings is 2. The Bertz CT molecular complexity index is 992. The van der Waals surface area contributed by atoms with Crippen LogP contribution in [0.3, 0.4) is 0 Å². The van der Waals surface area contributed by atoms with Crippen molar-refractivity contribution in [2.45, 2.75) is 6.61 Å². The van der Waals surface area contributed by atoms with E-state index in [9.17, 15) is 14.9 Å². The molecule has 8 heteroatoms. The van der Waals surface area contributed by atoms with Crippen molar-refractivity contribution >= 4 is 38.5 Å². The normalized spacial score (nSPS) is 10.5. The minimum atomic E-state index is -0.703. The number of ether oxygens (including phenoxy) is 2. The monoisotopic (exact) mass is 416 g/mol. The molecule has 132 valence electrons. The Morgan fingerprint density at radius 3 is 2.62 bits per heavy atom. The molecule has 0 amide bonds. The molecule has 1 heterocycles. The van der Waals surface area contributed by atoms with Gasteiger partial charge < -0.3 is 9.47 Å². The lowest BCUT2D eigenvalue weighted by Crippen LogP contribution is -2.07. The first-order valence-corrected chi connectivity index (χ1v) is 8.33. The number of esters is 1. The number of nitrogens with zero attached hydrogens (tertiary/aromatic N) is 2. The summed E-state index contributed by atoms with van der Waals surface area (Å²) in [5.41, 5.74) is 0.678. The van der Waals surface area contributed by atoms with E-state index in [1.807, 2.05) is 30.3 Å². The lowest BCUT2D eigenvalue weighted by atomic mass is 10.1. The molecule has 0 fully saturated rings. The van der Waals surface area contributed by atoms with Crippen LogP contribution in [-0.2, 0) is 11.3 Å². The SMILES string of the molecule is COC(=O)c1cc(OCc2ccccc2)c2c(Br)ccc([N+](=O)[O-])c2n1. The quantitative estimate of drug-likeness (QED) is 0.350. The summed E-state index contributed by atoms with van der Waals surface area (Å²) in [7, 11) is 1.22. The topological polar surface area (TPSA) is 91.6 Å². The zero-order valence-electron chi connectivity index (χ0n) is 13.6. The Morgan fingerprint density at radius 2 is 1.96 bits per heavy atom. The van der Waals surface area contributed by atoms with Gasteiger partial charge in [-0.25, -0.2) is 9.78 Å². The summed E-state index contributed by atoms with van der Waals surface area (Å²) in [5.74, 6) is -0.402. The molecule has 0 spiro atoms. The maximum absolute atomic E-state index is 11.9. The second-order valence-electron chi connectivity index (χ2n) is 5.32. The summed E-state index contributed by atoms with van der Waals surface area (Å²) in [4.78, 5) is 26.9. The van der Waals surface area contributed by atoms with E-state index in [1.165, 1.54) is 19.2 Å². The van der Waals surface area contributed by atoms with Crippen molar-refractivity contribution in [3.8, 4) is 5.75 Å². The number of methoxy groups -OCH3 is 1. The molecule has 0 atom stereocenters. The lowest BCUT2D eigenvalue weighted by molar-refractivity contribution is -0.383. The van der Waals surface area contributed by atoms with Gasteiger partial charge in [0.2, 0.25) is 0 Å². The minimum Gasteiger partial charge on any atom is -0.488 e. The number of carbonyl (C=O) groups is 1. The molecule has 3 rings (SSSR count). The Labute approximate surface area is 156 Å². The molecule has 2 aromatic carbocycles. The number of aromatic nitrogens is 1. The van der Waals surface area contributed by atoms with Crippen molar-refractivity contribution in [3.63, 3.8) is 0 Å². The molecule has 3 aromatic rings. The van der Waals surface area contributed by atoms with Crippen LogP contribution in [0, 0.1) is 10.1 Å². The third-order valence-corrected chi connectivity index (χ3v) is 4.34. The summed E-state index contributed by atoms with van der Waals surface area (Å²) >= 11 is 3.38. The Hall–Kier alpha value is -3.00. The van der Waals surface area contributed by atoms with Crippen LogP contribution < -0.4 is 4.74 Å². The van der Waals surface area contributed by atoms with Crippen LogP contribution in [0.15, 0.2) is 53.0 Å². The zero-order valence-corrected chi connectivity index (χ0v) is 15.2. The van der Waals surface area contributed by atoms with E-state index >= 15 is 0 Å². The first kappa shape index (κ1) is 17.8. The number of fused-ring (bicyclic) bond motifs is 1. The number of nitro groups is 1. The van der Waals surface area contributed by atoms with Crippen molar-refractivity contribution < 1.29 is 19.2 Å². The molecule has 0 unspecified atom stereocenters. The summed E-state index contributed by atoms with van der Waals surface area (Å²) in [6.45, 7) is 0.232. The predicted octanol–water partition coefficient (Wildman–Crippen LogP) is 4.27. The van der Waals surface area contributed by atoms with Crippen molar-refractivity contribution in [3.05, 3.63) is 74.4 Å².